The van der Waals surface area contributed by atoms with Gasteiger partial charge >= 0.3 is 0 Å². The number of benzene rings is 2. The van der Waals surface area contributed by atoms with Gasteiger partial charge in [0.15, 0.2) is 5.69 Å². The van der Waals surface area contributed by atoms with E-state index < -0.39 is 0 Å². The van der Waals surface area contributed by atoms with Crippen LogP contribution < -0.4 is 10.1 Å². The summed E-state index contributed by atoms with van der Waals surface area (Å²) in [6.07, 6.45) is 0. The molecule has 1 heterocycles. The molecule has 5 nitrogen and oxygen atoms in total. The lowest BCUT2D eigenvalue weighted by Crippen LogP contribution is -2.28. The van der Waals surface area contributed by atoms with E-state index in [1.54, 1.807) is 6.92 Å². The van der Waals surface area contributed by atoms with E-state index in [0.717, 1.165) is 28.0 Å². The molecule has 0 aliphatic heterocycles. The highest BCUT2D eigenvalue weighted by molar-refractivity contribution is 5.94. The van der Waals surface area contributed by atoms with Crippen molar-refractivity contribution in [1.82, 2.24) is 10.5 Å². The Morgan fingerprint density at radius 2 is 1.86 bits per heavy atom. The van der Waals surface area contributed by atoms with E-state index in [2.05, 4.69) is 36.5 Å². The summed E-state index contributed by atoms with van der Waals surface area (Å²) in [5.74, 6) is 1.11. The van der Waals surface area contributed by atoms with Gasteiger partial charge in [0.05, 0.1) is 11.6 Å². The van der Waals surface area contributed by atoms with Crippen molar-refractivity contribution in [3.05, 3.63) is 81.2 Å². The van der Waals surface area contributed by atoms with Gasteiger partial charge in [0, 0.05) is 0 Å². The number of carbonyl (C=O) groups excluding carboxylic acids is 1. The molecule has 1 amide bonds. The van der Waals surface area contributed by atoms with E-state index in [-0.39, 0.29) is 24.2 Å². The lowest BCUT2D eigenvalue weighted by atomic mass is 10.00. The topological polar surface area (TPSA) is 64.4 Å². The van der Waals surface area contributed by atoms with Gasteiger partial charge in [0.1, 0.15) is 18.1 Å². The van der Waals surface area contributed by atoms with Crippen LogP contribution in [0.25, 0.3) is 0 Å². The largest absolute Gasteiger partial charge is 0.488 e. The number of hydrogen-bond donors (Lipinski definition) is 1. The van der Waals surface area contributed by atoms with Crippen LogP contribution in [0.5, 0.6) is 5.75 Å². The Bertz CT molecular complexity index is 1040. The first kappa shape index (κ1) is 20.6. The summed E-state index contributed by atoms with van der Waals surface area (Å²) >= 11 is 0. The second-order valence-electron chi connectivity index (χ2n) is 7.61. The average molecular weight is 392 g/mol. The van der Waals surface area contributed by atoms with E-state index in [1.807, 2.05) is 45.0 Å². The molecule has 0 bridgehead atoms. The number of nitrogens with zero attached hydrogens (tertiary/aromatic N) is 1. The maximum atomic E-state index is 12.9. The SMILES string of the molecule is Cc1ccc(C(C)NC(=O)c2noc(C)c2COc2cccc(C)c2C)c(C)c1. The van der Waals surface area contributed by atoms with Gasteiger partial charge in [-0.1, -0.05) is 41.1 Å². The van der Waals surface area contributed by atoms with Crippen LogP contribution in [0.2, 0.25) is 0 Å². The van der Waals surface area contributed by atoms with Crippen molar-refractivity contribution in [2.24, 2.45) is 0 Å². The number of carbonyl (C=O) groups is 1. The van der Waals surface area contributed by atoms with Gasteiger partial charge in [-0.3, -0.25) is 4.79 Å². The van der Waals surface area contributed by atoms with E-state index in [4.69, 9.17) is 9.26 Å². The Hall–Kier alpha value is -3.08. The van der Waals surface area contributed by atoms with E-state index in [1.165, 1.54) is 5.56 Å². The first-order valence-electron chi connectivity index (χ1n) is 9.80. The van der Waals surface area contributed by atoms with Crippen molar-refractivity contribution in [2.45, 2.75) is 54.2 Å². The molecule has 3 rings (SSSR count). The minimum atomic E-state index is -0.270. The fourth-order valence-corrected chi connectivity index (χ4v) is 3.42. The predicted octanol–water partition coefficient (Wildman–Crippen LogP) is 5.29. The lowest BCUT2D eigenvalue weighted by molar-refractivity contribution is 0.0928. The number of aryl methyl sites for hydroxylation is 4. The zero-order valence-electron chi connectivity index (χ0n) is 17.9. The Kier molecular flexibility index (Phi) is 6.06. The number of ether oxygens (including phenoxy) is 1. The van der Waals surface area contributed by atoms with Gasteiger partial charge in [-0.25, -0.2) is 0 Å². The lowest BCUT2D eigenvalue weighted by Gasteiger charge is -2.17. The standard InChI is InChI=1S/C24H28N2O3/c1-14-10-11-20(16(3)12-14)18(5)25-24(27)23-21(19(6)29-26-23)13-28-22-9-7-8-15(2)17(22)4/h7-12,18H,13H2,1-6H3,(H,25,27). The molecule has 1 unspecified atom stereocenters. The highest BCUT2D eigenvalue weighted by Gasteiger charge is 2.22. The number of amides is 1. The summed E-state index contributed by atoms with van der Waals surface area (Å²) in [6, 6.07) is 12.0. The number of nitrogens with one attached hydrogen (secondary N) is 1. The first-order chi connectivity index (χ1) is 13.8. The number of rotatable bonds is 6. The molecule has 1 atom stereocenters. The summed E-state index contributed by atoms with van der Waals surface area (Å²) in [5, 5.41) is 7.01. The van der Waals surface area contributed by atoms with Crippen LogP contribution in [0, 0.1) is 34.6 Å². The van der Waals surface area contributed by atoms with Crippen molar-refractivity contribution < 1.29 is 14.1 Å². The fraction of sp³-hybridized carbons (Fsp3) is 0.333. The molecule has 5 heteroatoms. The van der Waals surface area contributed by atoms with Crippen molar-refractivity contribution in [2.75, 3.05) is 0 Å². The van der Waals surface area contributed by atoms with Gasteiger partial charge in [-0.05, 0) is 69.9 Å². The average Bonchev–Trinajstić information content (AvgIpc) is 3.03. The van der Waals surface area contributed by atoms with Gasteiger partial charge in [-0.2, -0.15) is 0 Å². The zero-order chi connectivity index (χ0) is 21.1. The van der Waals surface area contributed by atoms with Crippen LogP contribution in [-0.2, 0) is 6.61 Å². The van der Waals surface area contributed by atoms with Gasteiger partial charge in [0.25, 0.3) is 5.91 Å². The maximum absolute atomic E-state index is 12.9. The minimum absolute atomic E-state index is 0.145. The zero-order valence-corrected chi connectivity index (χ0v) is 17.9. The summed E-state index contributed by atoms with van der Waals surface area (Å²) in [4.78, 5) is 12.9. The summed E-state index contributed by atoms with van der Waals surface area (Å²) in [5.41, 5.74) is 6.59. The second kappa shape index (κ2) is 8.52. The molecule has 152 valence electrons. The fourth-order valence-electron chi connectivity index (χ4n) is 3.42. The molecule has 0 saturated carbocycles. The molecule has 1 N–H and O–H groups in total. The molecule has 0 saturated heterocycles. The molecule has 0 radical (unpaired) electrons. The first-order valence-corrected chi connectivity index (χ1v) is 9.80. The second-order valence-corrected chi connectivity index (χ2v) is 7.61. The maximum Gasteiger partial charge on any atom is 0.274 e. The quantitative estimate of drug-likeness (QED) is 0.619. The molecule has 0 fully saturated rings. The number of aromatic nitrogens is 1. The van der Waals surface area contributed by atoms with Crippen LogP contribution in [0.4, 0.5) is 0 Å². The Morgan fingerprint density at radius 3 is 2.59 bits per heavy atom. The van der Waals surface area contributed by atoms with E-state index in [0.29, 0.717) is 11.3 Å². The van der Waals surface area contributed by atoms with Crippen LogP contribution in [-0.4, -0.2) is 11.1 Å². The summed E-state index contributed by atoms with van der Waals surface area (Å²) < 4.78 is 11.3. The molecular weight excluding hydrogens is 364 g/mol. The smallest absolute Gasteiger partial charge is 0.274 e. The Morgan fingerprint density at radius 1 is 1.10 bits per heavy atom. The van der Waals surface area contributed by atoms with Crippen molar-refractivity contribution >= 4 is 5.91 Å². The van der Waals surface area contributed by atoms with Crippen LogP contribution >= 0.6 is 0 Å². The van der Waals surface area contributed by atoms with Crippen LogP contribution in [0.3, 0.4) is 0 Å². The molecule has 29 heavy (non-hydrogen) atoms. The Balaban J connectivity index is 1.76. The predicted molar refractivity (Wildman–Crippen MR) is 113 cm³/mol. The molecule has 1 aromatic heterocycles. The molecule has 2 aromatic carbocycles. The van der Waals surface area contributed by atoms with Gasteiger partial charge < -0.3 is 14.6 Å². The monoisotopic (exact) mass is 392 g/mol. The molecule has 0 aliphatic rings. The molecule has 3 aromatic rings. The molecule has 0 aliphatic carbocycles. The third-order valence-electron chi connectivity index (χ3n) is 5.37. The van der Waals surface area contributed by atoms with Crippen molar-refractivity contribution in [1.29, 1.82) is 0 Å². The molecule has 0 spiro atoms. The van der Waals surface area contributed by atoms with E-state index in [9.17, 15) is 4.79 Å². The molecular formula is C24H28N2O3. The third kappa shape index (κ3) is 4.50. The highest BCUT2D eigenvalue weighted by Crippen LogP contribution is 2.24. The number of hydrogen-bond acceptors (Lipinski definition) is 4. The van der Waals surface area contributed by atoms with Gasteiger partial charge in [0.2, 0.25) is 0 Å². The normalized spacial score (nSPS) is 11.9. The van der Waals surface area contributed by atoms with Crippen LogP contribution in [0.15, 0.2) is 40.9 Å². The summed E-state index contributed by atoms with van der Waals surface area (Å²) in [6.45, 7) is 12.1. The van der Waals surface area contributed by atoms with E-state index >= 15 is 0 Å². The van der Waals surface area contributed by atoms with Crippen molar-refractivity contribution in [3.63, 3.8) is 0 Å². The van der Waals surface area contributed by atoms with Gasteiger partial charge in [-0.15, -0.1) is 0 Å². The van der Waals surface area contributed by atoms with Crippen molar-refractivity contribution in [3.8, 4) is 5.75 Å². The van der Waals surface area contributed by atoms with Crippen LogP contribution in [0.1, 0.15) is 62.6 Å². The minimum Gasteiger partial charge on any atom is -0.488 e. The third-order valence-corrected chi connectivity index (χ3v) is 5.37. The highest BCUT2D eigenvalue weighted by atomic mass is 16.5. The summed E-state index contributed by atoms with van der Waals surface area (Å²) in [7, 11) is 0. The Labute approximate surface area is 172 Å².